The van der Waals surface area contributed by atoms with Crippen molar-refractivity contribution in [3.05, 3.63) is 155 Å². The van der Waals surface area contributed by atoms with E-state index >= 15 is 0 Å². The van der Waals surface area contributed by atoms with Crippen LogP contribution in [-0.2, 0) is 52.1 Å². The van der Waals surface area contributed by atoms with Crippen molar-refractivity contribution in [3.8, 4) is 23.0 Å². The van der Waals surface area contributed by atoms with Crippen LogP contribution < -0.4 is 18.9 Å². The maximum atomic E-state index is 13.4. The first kappa shape index (κ1) is 66.7. The van der Waals surface area contributed by atoms with Crippen LogP contribution in [0, 0.1) is 0 Å². The summed E-state index contributed by atoms with van der Waals surface area (Å²) in [4.78, 5) is 51.7. The van der Waals surface area contributed by atoms with Crippen molar-refractivity contribution in [1.29, 1.82) is 0 Å². The molecule has 4 aromatic carbocycles. The predicted octanol–water partition coefficient (Wildman–Crippen LogP) is 10.1. The van der Waals surface area contributed by atoms with Gasteiger partial charge in [-0.2, -0.15) is 0 Å². The summed E-state index contributed by atoms with van der Waals surface area (Å²) in [6.07, 6.45) is 10.4. The van der Waals surface area contributed by atoms with Crippen molar-refractivity contribution in [2.45, 2.75) is 128 Å². The number of esters is 3. The van der Waals surface area contributed by atoms with E-state index in [1.807, 2.05) is 32.1 Å². The number of benzene rings is 4. The number of rotatable bonds is 24. The van der Waals surface area contributed by atoms with Gasteiger partial charge in [0, 0.05) is 47.0 Å². The largest absolute Gasteiger partial charge is 0.478 e. The Balaban J connectivity index is 0.000000272. The van der Waals surface area contributed by atoms with Gasteiger partial charge in [0.2, 0.25) is 0 Å². The molecule has 2 saturated heterocycles. The summed E-state index contributed by atoms with van der Waals surface area (Å²) in [5, 5.41) is 19.7. The molecule has 0 amide bonds. The van der Waals surface area contributed by atoms with Crippen LogP contribution in [0.3, 0.4) is 0 Å². The van der Waals surface area contributed by atoms with Crippen LogP contribution in [0.1, 0.15) is 120 Å². The first-order valence-electron chi connectivity index (χ1n) is 27.6. The van der Waals surface area contributed by atoms with Gasteiger partial charge >= 0.3 is 23.9 Å². The molecule has 460 valence electrons. The molecule has 0 radical (unpaired) electrons. The van der Waals surface area contributed by atoms with Gasteiger partial charge in [0.05, 0.1) is 29.4 Å². The van der Waals surface area contributed by atoms with Gasteiger partial charge < -0.3 is 81.3 Å². The van der Waals surface area contributed by atoms with E-state index in [4.69, 9.17) is 71.1 Å². The van der Waals surface area contributed by atoms with Gasteiger partial charge in [-0.3, -0.25) is 0 Å². The van der Waals surface area contributed by atoms with E-state index < -0.39 is 84.3 Å². The number of cyclic esters (lactones) is 1. The Bertz CT molecular complexity index is 2920. The highest BCUT2D eigenvalue weighted by Gasteiger charge is 2.47. The van der Waals surface area contributed by atoms with Gasteiger partial charge in [0.15, 0.2) is 38.7 Å². The second kappa shape index (κ2) is 32.7. The van der Waals surface area contributed by atoms with E-state index in [1.165, 1.54) is 34.5 Å². The second-order valence-corrected chi connectivity index (χ2v) is 20.7. The second-order valence-electron chi connectivity index (χ2n) is 20.7. The third-order valence-corrected chi connectivity index (χ3v) is 12.8. The summed E-state index contributed by atoms with van der Waals surface area (Å²) in [7, 11) is 5.90. The minimum Gasteiger partial charge on any atom is -0.478 e. The van der Waals surface area contributed by atoms with Gasteiger partial charge in [-0.25, -0.2) is 19.2 Å². The van der Waals surface area contributed by atoms with E-state index in [2.05, 4.69) is 0 Å². The summed E-state index contributed by atoms with van der Waals surface area (Å²) < 4.78 is 85.0. The van der Waals surface area contributed by atoms with Crippen molar-refractivity contribution < 1.29 is 100 Å². The first-order valence-corrected chi connectivity index (χ1v) is 27.6. The lowest BCUT2D eigenvalue weighted by Crippen LogP contribution is -2.37. The normalized spacial score (nSPS) is 22.3. The van der Waals surface area contributed by atoms with Crippen LogP contribution in [0.25, 0.3) is 12.2 Å². The van der Waals surface area contributed by atoms with Gasteiger partial charge in [0.1, 0.15) is 64.6 Å². The van der Waals surface area contributed by atoms with E-state index in [0.717, 1.165) is 0 Å². The van der Waals surface area contributed by atoms with Crippen molar-refractivity contribution in [3.63, 3.8) is 0 Å². The fraction of sp³-hybridized carbons (Fsp3) is 0.438. The summed E-state index contributed by atoms with van der Waals surface area (Å²) in [6, 6.07) is 23.7. The molecule has 21 nitrogen and oxygen atoms in total. The quantitative estimate of drug-likeness (QED) is 0.0286. The fourth-order valence-corrected chi connectivity index (χ4v) is 9.20. The Kier molecular flexibility index (Phi) is 25.7. The van der Waals surface area contributed by atoms with E-state index in [0.29, 0.717) is 53.0 Å². The average molecular weight is 1180 g/mol. The summed E-state index contributed by atoms with van der Waals surface area (Å²) in [5.41, 5.74) is 1.81. The van der Waals surface area contributed by atoms with E-state index in [1.54, 1.807) is 137 Å². The molecule has 2 fully saturated rings. The van der Waals surface area contributed by atoms with E-state index in [-0.39, 0.29) is 56.2 Å². The molecule has 8 atom stereocenters. The maximum Gasteiger partial charge on any atom is 0.342 e. The number of methoxy groups -OCH3 is 4. The van der Waals surface area contributed by atoms with Crippen LogP contribution in [0.4, 0.5) is 0 Å². The van der Waals surface area contributed by atoms with Crippen LogP contribution in [0.15, 0.2) is 121 Å². The lowest BCUT2D eigenvalue weighted by atomic mass is 10.0. The Morgan fingerprint density at radius 1 is 0.706 bits per heavy atom. The molecule has 0 aromatic heterocycles. The van der Waals surface area contributed by atoms with Crippen LogP contribution >= 0.6 is 0 Å². The number of carboxylic acid groups (broad SMARTS) is 1. The highest BCUT2D eigenvalue weighted by Crippen LogP contribution is 2.38. The highest BCUT2D eigenvalue weighted by molar-refractivity contribution is 5.97. The standard InChI is InChI=1S/C32H40O11.C32H38O10/c1-21(33)11-9-15-25(41-31(36)22-12-7-6-8-13-22)29-26(42-32(2,3)43-29)16-10-14-23-17-24(39-19-37-4)18-27(40-20-38-5)28(23)30(34)35;1-21-11-9-15-25(40-30(33)22-12-7-6-8-13-22)29-26(41-32(2,3)42-29)16-10-14-23-17-24(37-19-35-4)18-27(38-20-36-5)28(23)31(34)39-21/h6-10,12-15,17-18,21,25-26,29,33H,11,16,19-20H2,1-5H3,(H,34,35);6-10,12-15,17-18,21,25-26,29H,11,16,19-20H2,1-5H3/b2*14-10+,15-9-/t2*21-,25?,26?,29?/m10/s1. The van der Waals surface area contributed by atoms with Crippen LogP contribution in [0.5, 0.6) is 23.0 Å². The molecule has 6 unspecified atom stereocenters. The summed E-state index contributed by atoms with van der Waals surface area (Å²) >= 11 is 0. The number of fused-ring (bicyclic) bond motifs is 2. The topological polar surface area (TPSA) is 247 Å². The number of aromatic carboxylic acids is 1. The molecule has 3 heterocycles. The number of carbonyl (C=O) groups is 4. The number of hydrogen-bond donors (Lipinski definition) is 2. The molecular formula is C64H78O21. The highest BCUT2D eigenvalue weighted by atomic mass is 16.8. The number of carboxylic acids is 1. The predicted molar refractivity (Wildman–Crippen MR) is 310 cm³/mol. The molecule has 0 spiro atoms. The number of aliphatic hydroxyl groups is 1. The molecular weight excluding hydrogens is 1100 g/mol. The van der Waals surface area contributed by atoms with Crippen molar-refractivity contribution in [1.82, 2.24) is 0 Å². The molecule has 0 saturated carbocycles. The van der Waals surface area contributed by atoms with Crippen molar-refractivity contribution in [2.75, 3.05) is 55.6 Å². The van der Waals surface area contributed by atoms with Gasteiger partial charge in [-0.15, -0.1) is 0 Å². The monoisotopic (exact) mass is 1180 g/mol. The molecule has 7 rings (SSSR count). The smallest absolute Gasteiger partial charge is 0.342 e. The average Bonchev–Trinajstić information content (AvgIpc) is 4.11. The lowest BCUT2D eigenvalue weighted by molar-refractivity contribution is -0.153. The molecule has 3 aliphatic rings. The summed E-state index contributed by atoms with van der Waals surface area (Å²) in [6.45, 7) is 10.3. The molecule has 3 aliphatic heterocycles. The fourth-order valence-electron chi connectivity index (χ4n) is 9.20. The third kappa shape index (κ3) is 20.4. The molecule has 2 N–H and O–H groups in total. The first-order chi connectivity index (χ1) is 40.7. The molecule has 21 heteroatoms. The number of aliphatic hydroxyl groups excluding tert-OH is 1. The minimum atomic E-state index is -1.19. The zero-order valence-electron chi connectivity index (χ0n) is 49.6. The third-order valence-electron chi connectivity index (χ3n) is 12.8. The van der Waals surface area contributed by atoms with Gasteiger partial charge in [-0.1, -0.05) is 72.9 Å². The lowest BCUT2D eigenvalue weighted by Gasteiger charge is -2.24. The van der Waals surface area contributed by atoms with Crippen LogP contribution in [-0.4, -0.2) is 150 Å². The number of carbonyl (C=O) groups excluding carboxylic acids is 3. The zero-order chi connectivity index (χ0) is 61.5. The Hall–Kier alpha value is -7.44. The Morgan fingerprint density at radius 2 is 1.29 bits per heavy atom. The SMILES string of the molecule is COCOc1cc(/C=C/CC2OC(C)(C)OC2C(/C=C\C[C@@H](C)O)OC(=O)c2ccccc2)c(C(=O)O)c(OCOC)c1.COCOc1cc2c(c(OCOC)c1)C(=O)O[C@@H](C)C/C=C\C(OC(=O)c1ccccc1)C1OC(C)(C)OC1C/C=C/2. The number of ether oxygens (including phenoxy) is 15. The minimum absolute atomic E-state index is 0.00708. The van der Waals surface area contributed by atoms with Crippen LogP contribution in [0.2, 0.25) is 0 Å². The maximum absolute atomic E-state index is 13.4. The number of hydrogen-bond acceptors (Lipinski definition) is 20. The van der Waals surface area contributed by atoms with Gasteiger partial charge in [-0.05, 0) is 120 Å². The molecule has 4 aromatic rings. The molecule has 0 aliphatic carbocycles. The van der Waals surface area contributed by atoms with Crippen molar-refractivity contribution >= 4 is 36.0 Å². The van der Waals surface area contributed by atoms with E-state index in [9.17, 15) is 29.4 Å². The van der Waals surface area contributed by atoms with Gasteiger partial charge in [0.25, 0.3) is 0 Å². The van der Waals surface area contributed by atoms with Crippen molar-refractivity contribution in [2.24, 2.45) is 0 Å². The Morgan fingerprint density at radius 3 is 1.92 bits per heavy atom. The Labute approximate surface area is 495 Å². The summed E-state index contributed by atoms with van der Waals surface area (Å²) in [5.74, 6) is -3.57. The zero-order valence-corrected chi connectivity index (χ0v) is 49.6. The molecule has 0 bridgehead atoms. The molecule has 85 heavy (non-hydrogen) atoms.